The fourth-order valence-corrected chi connectivity index (χ4v) is 5.23. The molecule has 1 aliphatic carbocycles. The summed E-state index contributed by atoms with van der Waals surface area (Å²) in [4.78, 5) is 10.4. The summed E-state index contributed by atoms with van der Waals surface area (Å²) < 4.78 is 27.2. The summed E-state index contributed by atoms with van der Waals surface area (Å²) in [5, 5.41) is 24.6. The molecule has 0 aromatic heterocycles. The van der Waals surface area contributed by atoms with Crippen molar-refractivity contribution in [1.29, 1.82) is 0 Å². The molecule has 8 nitrogen and oxygen atoms in total. The molecule has 0 amide bonds. The third-order valence-electron chi connectivity index (χ3n) is 5.00. The van der Waals surface area contributed by atoms with Crippen molar-refractivity contribution in [2.45, 2.75) is 49.0 Å². The van der Waals surface area contributed by atoms with Crippen LogP contribution >= 0.6 is 0 Å². The van der Waals surface area contributed by atoms with Gasteiger partial charge in [-0.25, -0.2) is 8.42 Å². The number of nitro groups is 1. The number of hydrogen-bond acceptors (Lipinski definition) is 6. The van der Waals surface area contributed by atoms with Crippen LogP contribution in [0.15, 0.2) is 23.1 Å². The first-order valence-electron chi connectivity index (χ1n) is 8.57. The Labute approximate surface area is 147 Å². The molecule has 0 spiro atoms. The second-order valence-corrected chi connectivity index (χ2v) is 8.74. The summed E-state index contributed by atoms with van der Waals surface area (Å²) in [6, 6.07) is 3.80. The van der Waals surface area contributed by atoms with Gasteiger partial charge in [-0.05, 0) is 31.7 Å². The first-order valence-corrected chi connectivity index (χ1v) is 10.0. The molecule has 1 aromatic carbocycles. The number of benzene rings is 1. The van der Waals surface area contributed by atoms with Crippen LogP contribution in [0.1, 0.15) is 38.5 Å². The van der Waals surface area contributed by atoms with Crippen molar-refractivity contribution in [2.24, 2.45) is 0 Å². The van der Waals surface area contributed by atoms with Crippen LogP contribution < -0.4 is 5.32 Å². The SMILES string of the molecule is O=[N+]([O-])c1ccc(NCC2(O)CCCC2)c(S(=O)(=O)N2CCCC2)c1. The van der Waals surface area contributed by atoms with Crippen molar-refractivity contribution >= 4 is 21.4 Å². The van der Waals surface area contributed by atoms with Crippen LogP contribution in [0.3, 0.4) is 0 Å². The predicted molar refractivity (Wildman–Crippen MR) is 93.0 cm³/mol. The molecule has 1 saturated heterocycles. The average molecular weight is 369 g/mol. The molecule has 138 valence electrons. The Balaban J connectivity index is 1.92. The molecular weight excluding hydrogens is 346 g/mol. The van der Waals surface area contributed by atoms with Crippen molar-refractivity contribution in [1.82, 2.24) is 4.31 Å². The van der Waals surface area contributed by atoms with Crippen molar-refractivity contribution in [3.63, 3.8) is 0 Å². The molecule has 2 N–H and O–H groups in total. The molecule has 9 heteroatoms. The van der Waals surface area contributed by atoms with E-state index in [2.05, 4.69) is 5.32 Å². The second-order valence-electron chi connectivity index (χ2n) is 6.83. The van der Waals surface area contributed by atoms with Gasteiger partial charge in [-0.3, -0.25) is 10.1 Å². The minimum atomic E-state index is -3.81. The largest absolute Gasteiger partial charge is 0.388 e. The summed E-state index contributed by atoms with van der Waals surface area (Å²) >= 11 is 0. The Hall–Kier alpha value is -1.71. The van der Waals surface area contributed by atoms with E-state index in [-0.39, 0.29) is 17.1 Å². The Kier molecular flexibility index (Phi) is 4.99. The van der Waals surface area contributed by atoms with Crippen molar-refractivity contribution in [2.75, 3.05) is 25.0 Å². The Morgan fingerprint density at radius 2 is 1.84 bits per heavy atom. The van der Waals surface area contributed by atoms with E-state index in [1.807, 2.05) is 0 Å². The number of rotatable bonds is 6. The Bertz CT molecular complexity index is 753. The van der Waals surface area contributed by atoms with E-state index >= 15 is 0 Å². The predicted octanol–water partition coefficient (Wildman–Crippen LogP) is 2.10. The monoisotopic (exact) mass is 369 g/mol. The highest BCUT2D eigenvalue weighted by Gasteiger charge is 2.33. The summed E-state index contributed by atoms with van der Waals surface area (Å²) in [5.41, 5.74) is -0.808. The summed E-state index contributed by atoms with van der Waals surface area (Å²) in [7, 11) is -3.81. The second kappa shape index (κ2) is 6.89. The number of anilines is 1. The zero-order valence-corrected chi connectivity index (χ0v) is 14.8. The van der Waals surface area contributed by atoms with Crippen LogP contribution in [0.2, 0.25) is 0 Å². The van der Waals surface area contributed by atoms with Gasteiger partial charge in [0.05, 0.1) is 16.2 Å². The molecule has 1 aromatic rings. The fourth-order valence-electron chi connectivity index (χ4n) is 3.52. The van der Waals surface area contributed by atoms with Gasteiger partial charge in [-0.2, -0.15) is 4.31 Å². The first kappa shape index (κ1) is 18.1. The molecule has 1 aliphatic heterocycles. The van der Waals surface area contributed by atoms with Gasteiger partial charge >= 0.3 is 0 Å². The molecule has 0 unspecified atom stereocenters. The lowest BCUT2D eigenvalue weighted by Gasteiger charge is -2.24. The Morgan fingerprint density at radius 1 is 1.20 bits per heavy atom. The fraction of sp³-hybridized carbons (Fsp3) is 0.625. The van der Waals surface area contributed by atoms with Crippen LogP contribution in [-0.2, 0) is 10.0 Å². The van der Waals surface area contributed by atoms with E-state index in [9.17, 15) is 23.6 Å². The minimum absolute atomic E-state index is 0.0924. The highest BCUT2D eigenvalue weighted by atomic mass is 32.2. The molecule has 1 saturated carbocycles. The van der Waals surface area contributed by atoms with E-state index < -0.39 is 20.5 Å². The van der Waals surface area contributed by atoms with Crippen LogP contribution in [0.25, 0.3) is 0 Å². The van der Waals surface area contributed by atoms with Crippen molar-refractivity contribution in [3.8, 4) is 0 Å². The number of hydrogen-bond donors (Lipinski definition) is 2. The maximum Gasteiger partial charge on any atom is 0.270 e. The summed E-state index contributed by atoms with van der Waals surface area (Å²) in [5.74, 6) is 0. The smallest absolute Gasteiger partial charge is 0.270 e. The molecule has 1 heterocycles. The van der Waals surface area contributed by atoms with Gasteiger partial charge < -0.3 is 10.4 Å². The maximum atomic E-state index is 12.9. The number of nitro benzene ring substituents is 1. The lowest BCUT2D eigenvalue weighted by molar-refractivity contribution is -0.385. The lowest BCUT2D eigenvalue weighted by Crippen LogP contribution is -2.34. The van der Waals surface area contributed by atoms with Gasteiger partial charge in [-0.1, -0.05) is 12.8 Å². The zero-order chi connectivity index (χ0) is 18.1. The molecule has 2 fully saturated rings. The summed E-state index contributed by atoms with van der Waals surface area (Å²) in [6.45, 7) is 1.08. The van der Waals surface area contributed by atoms with Crippen LogP contribution in [0.5, 0.6) is 0 Å². The zero-order valence-electron chi connectivity index (χ0n) is 14.0. The van der Waals surface area contributed by atoms with Crippen LogP contribution in [0.4, 0.5) is 11.4 Å². The number of nitrogens with zero attached hydrogens (tertiary/aromatic N) is 2. The van der Waals surface area contributed by atoms with E-state index in [1.165, 1.54) is 16.4 Å². The van der Waals surface area contributed by atoms with E-state index in [0.717, 1.165) is 31.7 Å². The highest BCUT2D eigenvalue weighted by molar-refractivity contribution is 7.89. The van der Waals surface area contributed by atoms with Gasteiger partial charge in [-0.15, -0.1) is 0 Å². The molecule has 25 heavy (non-hydrogen) atoms. The van der Waals surface area contributed by atoms with Crippen molar-refractivity contribution < 1.29 is 18.4 Å². The van der Waals surface area contributed by atoms with E-state index in [4.69, 9.17) is 0 Å². The number of nitrogens with one attached hydrogen (secondary N) is 1. The summed E-state index contributed by atoms with van der Waals surface area (Å²) in [6.07, 6.45) is 4.80. The quantitative estimate of drug-likeness (QED) is 0.586. The molecule has 3 rings (SSSR count). The number of non-ortho nitro benzene ring substituents is 1. The third kappa shape index (κ3) is 3.78. The van der Waals surface area contributed by atoms with E-state index in [0.29, 0.717) is 31.6 Å². The molecule has 0 radical (unpaired) electrons. The minimum Gasteiger partial charge on any atom is -0.388 e. The van der Waals surface area contributed by atoms with Crippen molar-refractivity contribution in [3.05, 3.63) is 28.3 Å². The van der Waals surface area contributed by atoms with Gasteiger partial charge in [0.15, 0.2) is 0 Å². The van der Waals surface area contributed by atoms with Crippen LogP contribution in [-0.4, -0.2) is 48.0 Å². The maximum absolute atomic E-state index is 12.9. The molecule has 0 atom stereocenters. The highest BCUT2D eigenvalue weighted by Crippen LogP contribution is 2.33. The van der Waals surface area contributed by atoms with Gasteiger partial charge in [0, 0.05) is 31.8 Å². The van der Waals surface area contributed by atoms with Gasteiger partial charge in [0.2, 0.25) is 10.0 Å². The third-order valence-corrected chi connectivity index (χ3v) is 6.94. The lowest BCUT2D eigenvalue weighted by atomic mass is 10.0. The number of aliphatic hydroxyl groups is 1. The van der Waals surface area contributed by atoms with E-state index in [1.54, 1.807) is 0 Å². The Morgan fingerprint density at radius 3 is 2.44 bits per heavy atom. The average Bonchev–Trinajstić information content (AvgIpc) is 3.25. The van der Waals surface area contributed by atoms with Crippen LogP contribution in [0, 0.1) is 10.1 Å². The topological polar surface area (TPSA) is 113 Å². The van der Waals surface area contributed by atoms with Gasteiger partial charge in [0.25, 0.3) is 5.69 Å². The number of sulfonamides is 1. The molecule has 0 bridgehead atoms. The standard InChI is InChI=1S/C16H23N3O5S/c20-16(7-1-2-8-16)12-17-14-6-5-13(19(21)22)11-15(14)25(23,24)18-9-3-4-10-18/h5-6,11,17,20H,1-4,7-10,12H2. The normalized spacial score (nSPS) is 20.7. The van der Waals surface area contributed by atoms with Gasteiger partial charge in [0.1, 0.15) is 4.90 Å². The molecule has 2 aliphatic rings. The first-order chi connectivity index (χ1) is 11.8. The molecular formula is C16H23N3O5S.